The van der Waals surface area contributed by atoms with E-state index in [2.05, 4.69) is 22.3 Å². The Labute approximate surface area is 138 Å². The third-order valence-electron chi connectivity index (χ3n) is 3.88. The average molecular weight is 319 g/mol. The molecule has 6 heteroatoms. The molecule has 1 N–H and O–H groups in total. The van der Waals surface area contributed by atoms with Crippen molar-refractivity contribution < 1.29 is 4.39 Å². The number of benzene rings is 1. The first-order valence-electron chi connectivity index (χ1n) is 7.36. The second kappa shape index (κ2) is 6.39. The van der Waals surface area contributed by atoms with E-state index >= 15 is 0 Å². The van der Waals surface area contributed by atoms with Crippen LogP contribution in [0.5, 0.6) is 0 Å². The molecule has 3 aromatic rings. The molecule has 0 atom stereocenters. The van der Waals surface area contributed by atoms with Gasteiger partial charge in [0, 0.05) is 11.3 Å². The molecule has 2 aromatic heterocycles. The van der Waals surface area contributed by atoms with E-state index in [1.54, 1.807) is 18.2 Å². The van der Waals surface area contributed by atoms with E-state index < -0.39 is 6.67 Å². The van der Waals surface area contributed by atoms with Crippen LogP contribution in [0.1, 0.15) is 28.3 Å². The molecule has 0 aliphatic rings. The number of alkyl halides is 1. The van der Waals surface area contributed by atoms with Gasteiger partial charge in [0.05, 0.1) is 29.6 Å². The molecule has 0 saturated carbocycles. The summed E-state index contributed by atoms with van der Waals surface area (Å²) in [6, 6.07) is 15.0. The highest BCUT2D eigenvalue weighted by molar-refractivity contribution is 5.71. The summed E-state index contributed by atoms with van der Waals surface area (Å²) in [4.78, 5) is 0. The van der Waals surface area contributed by atoms with Gasteiger partial charge in [-0.3, -0.25) is 5.10 Å². The molecule has 0 bridgehead atoms. The van der Waals surface area contributed by atoms with E-state index in [0.29, 0.717) is 23.5 Å². The topological polar surface area (TPSA) is 81.2 Å². The highest BCUT2D eigenvalue weighted by atomic mass is 19.1. The van der Waals surface area contributed by atoms with Crippen LogP contribution in [0.15, 0.2) is 36.4 Å². The van der Waals surface area contributed by atoms with Crippen molar-refractivity contribution in [2.24, 2.45) is 0 Å². The van der Waals surface area contributed by atoms with Crippen LogP contribution in [0.2, 0.25) is 0 Å². The van der Waals surface area contributed by atoms with Crippen LogP contribution in [0.4, 0.5) is 4.39 Å². The molecule has 0 aliphatic heterocycles. The monoisotopic (exact) mass is 319 g/mol. The predicted octanol–water partition coefficient (Wildman–Crippen LogP) is 3.45. The van der Waals surface area contributed by atoms with Crippen LogP contribution >= 0.6 is 0 Å². The van der Waals surface area contributed by atoms with Crippen molar-refractivity contribution in [1.82, 2.24) is 14.8 Å². The highest BCUT2D eigenvalue weighted by Gasteiger charge is 2.15. The van der Waals surface area contributed by atoms with Crippen molar-refractivity contribution in [3.8, 4) is 23.3 Å². The lowest BCUT2D eigenvalue weighted by Gasteiger charge is -2.06. The Morgan fingerprint density at radius 2 is 1.92 bits per heavy atom. The average Bonchev–Trinajstić information content (AvgIpc) is 3.20. The molecule has 3 rings (SSSR count). The van der Waals surface area contributed by atoms with Gasteiger partial charge >= 0.3 is 0 Å². The summed E-state index contributed by atoms with van der Waals surface area (Å²) in [7, 11) is 0. The van der Waals surface area contributed by atoms with Gasteiger partial charge < -0.3 is 4.57 Å². The van der Waals surface area contributed by atoms with E-state index in [9.17, 15) is 9.65 Å². The van der Waals surface area contributed by atoms with Crippen LogP contribution in [-0.4, -0.2) is 14.8 Å². The lowest BCUT2D eigenvalue weighted by Crippen LogP contribution is -2.05. The van der Waals surface area contributed by atoms with Gasteiger partial charge in [-0.2, -0.15) is 15.6 Å². The van der Waals surface area contributed by atoms with Crippen LogP contribution in [0.3, 0.4) is 0 Å². The fourth-order valence-electron chi connectivity index (χ4n) is 2.67. The van der Waals surface area contributed by atoms with Gasteiger partial charge in [-0.25, -0.2) is 4.39 Å². The number of nitrogens with one attached hydrogen (secondary N) is 1. The maximum Gasteiger partial charge on any atom is 0.133 e. The normalized spacial score (nSPS) is 10.3. The van der Waals surface area contributed by atoms with Gasteiger partial charge in [-0.1, -0.05) is 12.1 Å². The summed E-state index contributed by atoms with van der Waals surface area (Å²) >= 11 is 0. The molecular formula is C18H14FN5. The molecule has 0 saturated heterocycles. The third-order valence-corrected chi connectivity index (χ3v) is 3.88. The Hall–Kier alpha value is -3.38. The second-order valence-corrected chi connectivity index (χ2v) is 5.45. The number of hydrogen-bond donors (Lipinski definition) is 1. The summed E-state index contributed by atoms with van der Waals surface area (Å²) in [6.45, 7) is 1.71. The first kappa shape index (κ1) is 15.5. The van der Waals surface area contributed by atoms with Gasteiger partial charge in [-0.15, -0.1) is 0 Å². The zero-order valence-electron chi connectivity index (χ0n) is 13.0. The van der Waals surface area contributed by atoms with Crippen molar-refractivity contribution in [3.05, 3.63) is 64.7 Å². The van der Waals surface area contributed by atoms with E-state index in [0.717, 1.165) is 22.5 Å². The molecule has 0 spiro atoms. The minimum Gasteiger partial charge on any atom is -0.330 e. The number of aryl methyl sites for hydroxylation is 1. The highest BCUT2D eigenvalue weighted by Crippen LogP contribution is 2.28. The quantitative estimate of drug-likeness (QED) is 0.799. The number of nitriles is 2. The maximum atomic E-state index is 12.6. The van der Waals surface area contributed by atoms with Gasteiger partial charge in [-0.05, 0) is 36.8 Å². The molecule has 0 radical (unpaired) electrons. The van der Waals surface area contributed by atoms with E-state index in [-0.39, 0.29) is 0 Å². The maximum absolute atomic E-state index is 12.6. The second-order valence-electron chi connectivity index (χ2n) is 5.45. The summed E-state index contributed by atoms with van der Waals surface area (Å²) in [5, 5.41) is 25.2. The Balaban J connectivity index is 2.00. The molecule has 5 nitrogen and oxygen atoms in total. The smallest absolute Gasteiger partial charge is 0.133 e. The zero-order chi connectivity index (χ0) is 17.1. The minimum atomic E-state index is -0.622. The fraction of sp³-hybridized carbons (Fsp3) is 0.167. The Bertz CT molecular complexity index is 951. The van der Waals surface area contributed by atoms with Crippen molar-refractivity contribution in [3.63, 3.8) is 0 Å². The fourth-order valence-corrected chi connectivity index (χ4v) is 2.67. The van der Waals surface area contributed by atoms with Crippen molar-refractivity contribution in [2.45, 2.75) is 20.1 Å². The number of rotatable bonds is 4. The molecule has 1 aromatic carbocycles. The van der Waals surface area contributed by atoms with E-state index in [4.69, 9.17) is 5.26 Å². The van der Waals surface area contributed by atoms with Gasteiger partial charge in [0.2, 0.25) is 0 Å². The predicted molar refractivity (Wildman–Crippen MR) is 86.5 cm³/mol. The third kappa shape index (κ3) is 2.78. The number of halogens is 1. The molecule has 0 fully saturated rings. The lowest BCUT2D eigenvalue weighted by molar-refractivity contribution is 0.475. The number of aromatic amines is 1. The van der Waals surface area contributed by atoms with E-state index in [1.165, 1.54) is 0 Å². The summed E-state index contributed by atoms with van der Waals surface area (Å²) in [5.41, 5.74) is 4.79. The summed E-state index contributed by atoms with van der Waals surface area (Å²) in [6.07, 6.45) is 0. The number of hydrogen-bond acceptors (Lipinski definition) is 3. The molecule has 0 aliphatic carbocycles. The van der Waals surface area contributed by atoms with Crippen LogP contribution in [-0.2, 0) is 13.2 Å². The molecule has 0 amide bonds. The summed E-state index contributed by atoms with van der Waals surface area (Å²) < 4.78 is 14.5. The molecular weight excluding hydrogens is 305 g/mol. The van der Waals surface area contributed by atoms with Crippen LogP contribution in [0, 0.1) is 29.6 Å². The Morgan fingerprint density at radius 1 is 1.17 bits per heavy atom. The molecule has 2 heterocycles. The van der Waals surface area contributed by atoms with Gasteiger partial charge in [0.1, 0.15) is 18.4 Å². The molecule has 24 heavy (non-hydrogen) atoms. The van der Waals surface area contributed by atoms with E-state index in [1.807, 2.05) is 29.7 Å². The minimum absolute atomic E-state index is 0.348. The van der Waals surface area contributed by atoms with Crippen molar-refractivity contribution >= 4 is 0 Å². The van der Waals surface area contributed by atoms with Gasteiger partial charge in [0.15, 0.2) is 0 Å². The standard InChI is InChI=1S/C18H14FN5/c1-12-6-17(14-4-2-13(9-20)3-5-14)18(10-21)24(12)11-16-7-15(8-19)22-23-16/h2-7H,8,11H2,1H3,(H,22,23). The van der Waals surface area contributed by atoms with Gasteiger partial charge in [0.25, 0.3) is 0 Å². The first-order valence-corrected chi connectivity index (χ1v) is 7.36. The Morgan fingerprint density at radius 3 is 2.50 bits per heavy atom. The largest absolute Gasteiger partial charge is 0.330 e. The van der Waals surface area contributed by atoms with Crippen LogP contribution < -0.4 is 0 Å². The molecule has 118 valence electrons. The lowest BCUT2D eigenvalue weighted by atomic mass is 10.0. The summed E-state index contributed by atoms with van der Waals surface area (Å²) in [5.74, 6) is 0. The van der Waals surface area contributed by atoms with Crippen molar-refractivity contribution in [2.75, 3.05) is 0 Å². The molecule has 0 unspecified atom stereocenters. The van der Waals surface area contributed by atoms with Crippen molar-refractivity contribution in [1.29, 1.82) is 10.5 Å². The number of nitrogens with zero attached hydrogens (tertiary/aromatic N) is 4. The SMILES string of the molecule is Cc1cc(-c2ccc(C#N)cc2)c(C#N)n1Cc1cc(CF)n[nH]1. The number of H-pyrrole nitrogens is 1. The number of aromatic nitrogens is 3. The first-order chi connectivity index (χ1) is 11.7. The van der Waals surface area contributed by atoms with Crippen LogP contribution in [0.25, 0.3) is 11.1 Å². The Kier molecular flexibility index (Phi) is 4.13. The zero-order valence-corrected chi connectivity index (χ0v) is 13.0.